The van der Waals surface area contributed by atoms with E-state index in [2.05, 4.69) is 0 Å². The van der Waals surface area contributed by atoms with Gasteiger partial charge in [-0.1, -0.05) is 18.2 Å². The molecule has 0 spiro atoms. The Morgan fingerprint density at radius 1 is 1.14 bits per heavy atom. The number of furan rings is 1. The lowest BCUT2D eigenvalue weighted by atomic mass is 10.3. The van der Waals surface area contributed by atoms with Crippen molar-refractivity contribution in [3.05, 3.63) is 54.5 Å². The average molecular weight is 313 g/mol. The summed E-state index contributed by atoms with van der Waals surface area (Å²) in [7, 11) is 0. The maximum atomic E-state index is 12.6. The van der Waals surface area contributed by atoms with Gasteiger partial charge in [0.2, 0.25) is 0 Å². The van der Waals surface area contributed by atoms with E-state index in [1.165, 1.54) is 12.3 Å². The Morgan fingerprint density at radius 3 is 2.45 bits per heavy atom. The van der Waals surface area contributed by atoms with Gasteiger partial charge in [-0.3, -0.25) is 4.79 Å². The van der Waals surface area contributed by atoms with Crippen LogP contribution in [0.25, 0.3) is 0 Å². The van der Waals surface area contributed by atoms with Crippen LogP contribution < -0.4 is 4.74 Å². The fourth-order valence-corrected chi connectivity index (χ4v) is 1.79. The van der Waals surface area contributed by atoms with Crippen LogP contribution in [-0.2, 0) is 11.3 Å². The summed E-state index contributed by atoms with van der Waals surface area (Å²) in [5.74, 6) is -0.0734. The number of para-hydroxylation sites is 1. The van der Waals surface area contributed by atoms with Gasteiger partial charge >= 0.3 is 6.18 Å². The van der Waals surface area contributed by atoms with Gasteiger partial charge in [0.25, 0.3) is 5.91 Å². The summed E-state index contributed by atoms with van der Waals surface area (Å²) >= 11 is 0. The molecule has 1 amide bonds. The molecule has 0 fully saturated rings. The van der Waals surface area contributed by atoms with Crippen LogP contribution in [0.1, 0.15) is 5.76 Å². The van der Waals surface area contributed by atoms with E-state index in [4.69, 9.17) is 9.15 Å². The molecule has 1 aromatic heterocycles. The van der Waals surface area contributed by atoms with Crippen molar-refractivity contribution < 1.29 is 27.1 Å². The zero-order valence-electron chi connectivity index (χ0n) is 11.5. The fourth-order valence-electron chi connectivity index (χ4n) is 1.79. The first-order valence-electron chi connectivity index (χ1n) is 6.49. The lowest BCUT2D eigenvalue weighted by molar-refractivity contribution is -0.164. The van der Waals surface area contributed by atoms with Gasteiger partial charge in [0.15, 0.2) is 6.61 Å². The summed E-state index contributed by atoms with van der Waals surface area (Å²) in [6, 6.07) is 11.5. The van der Waals surface area contributed by atoms with Crippen LogP contribution in [0, 0.1) is 0 Å². The van der Waals surface area contributed by atoms with E-state index in [-0.39, 0.29) is 12.3 Å². The van der Waals surface area contributed by atoms with Crippen LogP contribution in [0.4, 0.5) is 13.2 Å². The minimum absolute atomic E-state index is 0.260. The number of alkyl halides is 3. The van der Waals surface area contributed by atoms with Crippen molar-refractivity contribution >= 4 is 5.91 Å². The third-order valence-electron chi connectivity index (χ3n) is 2.76. The number of amides is 1. The molecule has 0 radical (unpaired) electrons. The molecule has 0 aliphatic rings. The van der Waals surface area contributed by atoms with Gasteiger partial charge in [0.05, 0.1) is 12.8 Å². The minimum Gasteiger partial charge on any atom is -0.484 e. The van der Waals surface area contributed by atoms with E-state index < -0.39 is 25.2 Å². The molecule has 0 N–H and O–H groups in total. The number of nitrogens with zero attached hydrogens (tertiary/aromatic N) is 1. The Morgan fingerprint density at radius 2 is 1.86 bits per heavy atom. The van der Waals surface area contributed by atoms with Crippen molar-refractivity contribution in [2.45, 2.75) is 12.7 Å². The van der Waals surface area contributed by atoms with Gasteiger partial charge in [-0.15, -0.1) is 0 Å². The number of ether oxygens (including phenoxy) is 1. The van der Waals surface area contributed by atoms with Crippen molar-refractivity contribution in [3.8, 4) is 5.75 Å². The van der Waals surface area contributed by atoms with Crippen molar-refractivity contribution in [1.82, 2.24) is 4.90 Å². The Labute approximate surface area is 125 Å². The van der Waals surface area contributed by atoms with Gasteiger partial charge in [0, 0.05) is 0 Å². The second-order valence-electron chi connectivity index (χ2n) is 4.55. The van der Waals surface area contributed by atoms with Gasteiger partial charge in [-0.2, -0.15) is 13.2 Å². The standard InChI is InChI=1S/C15H14F3NO3/c16-15(17,18)11-19(9-13-7-4-8-21-13)14(20)10-22-12-5-2-1-3-6-12/h1-8H,9-11H2. The Bertz CT molecular complexity index is 582. The lowest BCUT2D eigenvalue weighted by Gasteiger charge is -2.23. The van der Waals surface area contributed by atoms with Crippen molar-refractivity contribution in [3.63, 3.8) is 0 Å². The monoisotopic (exact) mass is 313 g/mol. The van der Waals surface area contributed by atoms with E-state index in [1.54, 1.807) is 36.4 Å². The Balaban J connectivity index is 1.98. The molecule has 0 atom stereocenters. The lowest BCUT2D eigenvalue weighted by Crippen LogP contribution is -2.40. The van der Waals surface area contributed by atoms with E-state index in [9.17, 15) is 18.0 Å². The van der Waals surface area contributed by atoms with Gasteiger partial charge in [0.1, 0.15) is 18.1 Å². The first-order valence-corrected chi connectivity index (χ1v) is 6.49. The summed E-state index contributed by atoms with van der Waals surface area (Å²) < 4.78 is 48.0. The van der Waals surface area contributed by atoms with E-state index in [1.807, 2.05) is 0 Å². The first-order chi connectivity index (χ1) is 10.4. The molecule has 7 heteroatoms. The number of halogens is 3. The van der Waals surface area contributed by atoms with Gasteiger partial charge in [-0.05, 0) is 24.3 Å². The highest BCUT2D eigenvalue weighted by molar-refractivity contribution is 5.77. The molecule has 2 rings (SSSR count). The molecule has 0 unspecified atom stereocenters. The quantitative estimate of drug-likeness (QED) is 0.822. The van der Waals surface area contributed by atoms with Gasteiger partial charge < -0.3 is 14.1 Å². The zero-order chi connectivity index (χ0) is 16.0. The van der Waals surface area contributed by atoms with E-state index in [0.29, 0.717) is 10.6 Å². The molecule has 0 bridgehead atoms. The van der Waals surface area contributed by atoms with Crippen molar-refractivity contribution in [2.75, 3.05) is 13.2 Å². The smallest absolute Gasteiger partial charge is 0.406 e. The first kappa shape index (κ1) is 15.9. The SMILES string of the molecule is O=C(COc1ccccc1)N(Cc1ccco1)CC(F)(F)F. The number of benzene rings is 1. The topological polar surface area (TPSA) is 42.7 Å². The van der Waals surface area contributed by atoms with Crippen molar-refractivity contribution in [1.29, 1.82) is 0 Å². The van der Waals surface area contributed by atoms with Crippen LogP contribution in [-0.4, -0.2) is 30.1 Å². The third-order valence-corrected chi connectivity index (χ3v) is 2.76. The second-order valence-corrected chi connectivity index (χ2v) is 4.55. The van der Waals surface area contributed by atoms with Crippen LogP contribution in [0.15, 0.2) is 53.1 Å². The molecule has 0 saturated heterocycles. The molecule has 1 aromatic carbocycles. The van der Waals surface area contributed by atoms with Crippen LogP contribution in [0.2, 0.25) is 0 Å². The molecule has 0 aliphatic heterocycles. The number of carbonyl (C=O) groups excluding carboxylic acids is 1. The third kappa shape index (κ3) is 5.16. The normalized spacial score (nSPS) is 11.2. The maximum Gasteiger partial charge on any atom is 0.406 e. The zero-order valence-corrected chi connectivity index (χ0v) is 11.5. The molecular weight excluding hydrogens is 299 g/mol. The highest BCUT2D eigenvalue weighted by Gasteiger charge is 2.33. The molecule has 0 saturated carbocycles. The number of hydrogen-bond donors (Lipinski definition) is 0. The predicted octanol–water partition coefficient (Wildman–Crippen LogP) is 3.25. The molecule has 2 aromatic rings. The molecule has 1 heterocycles. The number of rotatable bonds is 6. The van der Waals surface area contributed by atoms with Gasteiger partial charge in [-0.25, -0.2) is 0 Å². The van der Waals surface area contributed by atoms with Crippen LogP contribution in [0.3, 0.4) is 0 Å². The number of hydrogen-bond acceptors (Lipinski definition) is 3. The second kappa shape index (κ2) is 7.02. The van der Waals surface area contributed by atoms with Crippen LogP contribution >= 0.6 is 0 Å². The Kier molecular flexibility index (Phi) is 5.08. The van der Waals surface area contributed by atoms with Crippen molar-refractivity contribution in [2.24, 2.45) is 0 Å². The molecule has 118 valence electrons. The summed E-state index contributed by atoms with van der Waals surface area (Å²) in [5, 5.41) is 0. The molecular formula is C15H14F3NO3. The fraction of sp³-hybridized carbons (Fsp3) is 0.267. The van der Waals surface area contributed by atoms with Crippen LogP contribution in [0.5, 0.6) is 5.75 Å². The number of carbonyl (C=O) groups is 1. The summed E-state index contributed by atoms with van der Waals surface area (Å²) in [5.41, 5.74) is 0. The highest BCUT2D eigenvalue weighted by Crippen LogP contribution is 2.19. The average Bonchev–Trinajstić information content (AvgIpc) is 2.97. The largest absolute Gasteiger partial charge is 0.484 e. The maximum absolute atomic E-state index is 12.6. The minimum atomic E-state index is -4.49. The summed E-state index contributed by atoms with van der Waals surface area (Å²) in [6.45, 7) is -2.09. The predicted molar refractivity (Wildman–Crippen MR) is 72.1 cm³/mol. The molecule has 4 nitrogen and oxygen atoms in total. The Hall–Kier alpha value is -2.44. The molecule has 22 heavy (non-hydrogen) atoms. The summed E-state index contributed by atoms with van der Waals surface area (Å²) in [6.07, 6.45) is -3.15. The summed E-state index contributed by atoms with van der Waals surface area (Å²) in [4.78, 5) is 12.6. The van der Waals surface area contributed by atoms with E-state index >= 15 is 0 Å². The highest BCUT2D eigenvalue weighted by atomic mass is 19.4. The molecule has 0 aliphatic carbocycles. The van der Waals surface area contributed by atoms with E-state index in [0.717, 1.165) is 0 Å².